The summed E-state index contributed by atoms with van der Waals surface area (Å²) in [6, 6.07) is 72.0. The highest BCUT2D eigenvalue weighted by molar-refractivity contribution is 8.05. The molecule has 12 aliphatic rings. The molecule has 0 aromatic heterocycles. The minimum Gasteiger partial charge on any atom is -0.497 e. The summed E-state index contributed by atoms with van der Waals surface area (Å²) in [6.45, 7) is 17.4. The first-order valence-electron chi connectivity index (χ1n) is 50.4. The molecule has 25 nitrogen and oxygen atoms in total. The molecule has 4 aliphatic carbocycles. The summed E-state index contributed by atoms with van der Waals surface area (Å²) in [6.07, 6.45) is 3.61. The summed E-state index contributed by atoms with van der Waals surface area (Å²) in [5, 5.41) is 42.8. The highest BCUT2D eigenvalue weighted by Crippen LogP contribution is 2.54. The quantitative estimate of drug-likeness (QED) is 0.0432. The summed E-state index contributed by atoms with van der Waals surface area (Å²) >= 11 is 11.6. The molecule has 0 radical (unpaired) electrons. The zero-order valence-electron chi connectivity index (χ0n) is 83.5. The number of ether oxygens (including phenoxy) is 9. The van der Waals surface area contributed by atoms with Crippen molar-refractivity contribution < 1.29 is 106 Å². The number of carbonyl (C=O) groups excluding carboxylic acids is 8. The molecule has 10 aromatic rings. The van der Waals surface area contributed by atoms with E-state index in [9.17, 15) is 63.2 Å². The van der Waals surface area contributed by atoms with Crippen LogP contribution in [0.3, 0.4) is 0 Å². The fraction of sp³-hybridized carbons (Fsp3) is 0.356. The van der Waals surface area contributed by atoms with E-state index in [1.165, 1.54) is 76.9 Å². The van der Waals surface area contributed by atoms with E-state index in [1.807, 2.05) is 140 Å². The van der Waals surface area contributed by atoms with E-state index in [4.69, 9.17) is 54.2 Å². The van der Waals surface area contributed by atoms with Crippen molar-refractivity contribution in [3.8, 4) is 51.0 Å². The maximum atomic E-state index is 13.1. The van der Waals surface area contributed by atoms with Gasteiger partial charge in [-0.1, -0.05) is 160 Å². The lowest BCUT2D eigenvalue weighted by Crippen LogP contribution is -2.51. The monoisotopic (exact) mass is 2110 g/mol. The molecule has 4 spiro atoms. The number of hydrogen-bond acceptors (Lipinski definition) is 29. The van der Waals surface area contributed by atoms with Crippen LogP contribution in [0.15, 0.2) is 256 Å². The molecule has 149 heavy (non-hydrogen) atoms. The first kappa shape index (κ1) is 105. The Labute approximate surface area is 887 Å². The average Bonchev–Trinajstić information content (AvgIpc) is 0.742. The number of para-hydroxylation sites is 1. The van der Waals surface area contributed by atoms with E-state index in [0.717, 1.165) is 149 Å². The summed E-state index contributed by atoms with van der Waals surface area (Å²) in [7, 11) is 1.57. The molecular weight excluding hydrogens is 1990 g/mol. The minimum atomic E-state index is -0.690. The maximum Gasteiger partial charge on any atom is 0.243 e. The molecule has 22 rings (SSSR count). The molecule has 4 fully saturated rings. The van der Waals surface area contributed by atoms with Gasteiger partial charge >= 0.3 is 0 Å². The van der Waals surface area contributed by atoms with Crippen molar-refractivity contribution in [2.75, 3.05) is 135 Å². The molecule has 4 N–H and O–H groups in total. The van der Waals surface area contributed by atoms with Gasteiger partial charge in [-0.2, -0.15) is 0 Å². The van der Waals surface area contributed by atoms with Crippen molar-refractivity contribution >= 4 is 128 Å². The molecule has 31 heteroatoms. The van der Waals surface area contributed by atoms with Crippen LogP contribution >= 0.6 is 58.6 Å². The minimum absolute atomic E-state index is 0.0858. The summed E-state index contributed by atoms with van der Waals surface area (Å²) in [4.78, 5) is 113. The molecule has 8 heterocycles. The van der Waals surface area contributed by atoms with Crippen LogP contribution in [0, 0.1) is 12.7 Å². The number of β-amino-alcohol motifs (C(OH)–C–C–N with tert-alkyl or cyclic N) is 4. The van der Waals surface area contributed by atoms with Crippen molar-refractivity contribution in [3.63, 3.8) is 0 Å². The van der Waals surface area contributed by atoms with Crippen molar-refractivity contribution in [3.05, 3.63) is 323 Å². The zero-order valence-corrected chi connectivity index (χ0v) is 87.6. The van der Waals surface area contributed by atoms with Gasteiger partial charge in [0.2, 0.25) is 46.3 Å². The van der Waals surface area contributed by atoms with Gasteiger partial charge in [-0.3, -0.25) is 38.4 Å². The number of hydrogen-bond donors (Lipinski definition) is 4. The number of aliphatic hydroxyl groups is 4. The lowest BCUT2D eigenvalue weighted by atomic mass is 9.87. The van der Waals surface area contributed by atoms with Crippen LogP contribution in [0.4, 0.5) is 4.39 Å². The van der Waals surface area contributed by atoms with Gasteiger partial charge in [0.25, 0.3) is 0 Å². The second-order valence-electron chi connectivity index (χ2n) is 40.8. The fourth-order valence-corrected chi connectivity index (χ4v) is 25.7. The number of rotatable bonds is 23. The molecule has 0 saturated carbocycles. The largest absolute Gasteiger partial charge is 0.497 e. The molecule has 4 atom stereocenters. The Morgan fingerprint density at radius 1 is 0.336 bits per heavy atom. The number of benzene rings is 10. The maximum absolute atomic E-state index is 13.1. The Balaban J connectivity index is 0.000000125. The van der Waals surface area contributed by atoms with E-state index >= 15 is 0 Å². The van der Waals surface area contributed by atoms with E-state index in [2.05, 4.69) is 52.5 Å². The molecule has 774 valence electrons. The second-order valence-corrected chi connectivity index (χ2v) is 45.2. The third-order valence-corrected chi connectivity index (χ3v) is 34.7. The lowest BCUT2D eigenvalue weighted by molar-refractivity contribution is -0.112. The van der Waals surface area contributed by atoms with E-state index < -0.39 is 87.5 Å². The first-order chi connectivity index (χ1) is 71.8. The topological polar surface area (TPSA) is 314 Å². The van der Waals surface area contributed by atoms with E-state index in [1.54, 1.807) is 73.8 Å². The zero-order chi connectivity index (χ0) is 104. The van der Waals surface area contributed by atoms with Crippen LogP contribution in [0.2, 0.25) is 5.02 Å². The molecule has 0 bridgehead atoms. The van der Waals surface area contributed by atoms with Crippen LogP contribution in [0.25, 0.3) is 45.3 Å². The molecule has 0 amide bonds. The Bertz CT molecular complexity index is 6640. The third kappa shape index (κ3) is 24.0. The summed E-state index contributed by atoms with van der Waals surface area (Å²) < 4.78 is 67.8. The predicted molar refractivity (Wildman–Crippen MR) is 576 cm³/mol. The van der Waals surface area contributed by atoms with Gasteiger partial charge in [-0.15, -0.1) is 47.0 Å². The number of fused-ring (bicyclic) bond motifs is 8. The van der Waals surface area contributed by atoms with Crippen molar-refractivity contribution in [2.45, 2.75) is 131 Å². The number of likely N-dealkylation sites (tertiary alicyclic amines) is 4. The summed E-state index contributed by atoms with van der Waals surface area (Å²) in [5.41, 5.74) is 9.01. The van der Waals surface area contributed by atoms with E-state index in [0.29, 0.717) is 153 Å². The van der Waals surface area contributed by atoms with Gasteiger partial charge in [-0.25, -0.2) is 4.39 Å². The molecular formula is C118H118ClFN4O21S4. The highest BCUT2D eigenvalue weighted by atomic mass is 35.5. The standard InChI is InChI=1S/C31H28ClNO5S.C31H28FNO5S.C30H35NO6S.C26H27NO5S/c2*32-22-7-9-24(10-8-22)37-18-23(34)17-33-14-12-31(13-15-33)19-39-30-28(36)27(35)25-11-6-21(16-26(25)29(30)38-31)20-4-2-1-3-5-20;1-29(2,3)19-5-7-21(8-6-19)36-17-20(32)16-31-13-11-30(12-14-31)18-38-28-26(34)25(33)23-10-9-22(35-4)15-24(23)27(28)37-30;1-17-6-2-5-9-21(17)31-15-18(28)14-27-12-10-26(11-13-27)16-33-25-23(30)22(29)19-7-3-4-8-20(19)24(25)32-26/h2*1-11,16,23,34H,12-15,17-19H2;5-10,15,20,32H,11-14,16-18H2,1-4H3;2-9,18,28H,10-16H2,1H3/t2*23-;20-;18-/m0001/s1. The van der Waals surface area contributed by atoms with Gasteiger partial charge in [-0.05, 0) is 155 Å². The molecule has 10 aromatic carbocycles. The number of carbonyl (C=O) groups is 8. The number of allylic oxidation sites excluding steroid dienone is 4. The Kier molecular flexibility index (Phi) is 32.3. The van der Waals surface area contributed by atoms with Gasteiger partial charge in [0.1, 0.15) is 150 Å². The number of thioether (sulfide) groups is 4. The number of piperidine rings is 4. The highest BCUT2D eigenvalue weighted by Gasteiger charge is 2.52. The smallest absolute Gasteiger partial charge is 0.243 e. The number of nitrogens with zero attached hydrogens (tertiary/aromatic N) is 4. The number of halogens is 2. The number of aryl methyl sites for hydroxylation is 1. The molecule has 8 aliphatic heterocycles. The van der Waals surface area contributed by atoms with E-state index in [-0.39, 0.29) is 43.3 Å². The number of methoxy groups -OCH3 is 1. The normalized spacial score (nSPS) is 19.8. The fourth-order valence-electron chi connectivity index (χ4n) is 20.5. The number of aliphatic hydroxyl groups excluding tert-OH is 4. The van der Waals surface area contributed by atoms with Crippen LogP contribution in [-0.2, 0) is 43.5 Å². The van der Waals surface area contributed by atoms with Gasteiger partial charge in [0, 0.05) is 202 Å². The second kappa shape index (κ2) is 45.7. The number of ketones is 8. The first-order valence-corrected chi connectivity index (χ1v) is 54.8. The summed E-state index contributed by atoms with van der Waals surface area (Å²) in [5.74, 6) is 3.79. The molecule has 0 unspecified atom stereocenters. The van der Waals surface area contributed by atoms with Gasteiger partial charge in [0.05, 0.1) is 7.11 Å². The molecule has 4 saturated heterocycles. The Morgan fingerprint density at radius 3 is 0.987 bits per heavy atom. The van der Waals surface area contributed by atoms with Gasteiger partial charge < -0.3 is 82.7 Å². The Morgan fingerprint density at radius 2 is 0.631 bits per heavy atom. The van der Waals surface area contributed by atoms with Crippen molar-refractivity contribution in [2.24, 2.45) is 0 Å². The lowest BCUT2D eigenvalue weighted by Gasteiger charge is -2.45. The van der Waals surface area contributed by atoms with Crippen LogP contribution in [0.1, 0.15) is 147 Å². The van der Waals surface area contributed by atoms with Gasteiger partial charge in [0.15, 0.2) is 0 Å². The van der Waals surface area contributed by atoms with Crippen molar-refractivity contribution in [1.29, 1.82) is 0 Å². The van der Waals surface area contributed by atoms with Crippen LogP contribution < -0.4 is 23.7 Å². The predicted octanol–water partition coefficient (Wildman–Crippen LogP) is 18.4. The van der Waals surface area contributed by atoms with Crippen molar-refractivity contribution in [1.82, 2.24) is 19.6 Å². The Hall–Kier alpha value is -12.0. The number of Topliss-reactive ketones (excluding diaryl/α,β-unsaturated/α-hetero) is 8. The van der Waals surface area contributed by atoms with Crippen LogP contribution in [0.5, 0.6) is 28.7 Å². The average molecular weight is 2110 g/mol. The van der Waals surface area contributed by atoms with Crippen LogP contribution in [-0.4, -0.2) is 268 Å². The SMILES string of the molecule is COc1ccc2c(c1)C1=C(SCC3(CCN(C[C@H](O)COc4ccc(C(C)(C)C)cc4)CC3)O1)C(=O)C2=O.Cc1ccccc1OC[C@H](O)CN1CCC2(CC1)CSC1=C(O2)c2ccccc2C(=O)C1=O.O=C1C(=O)c2ccc(-c3ccccc3)cc2C2=C1SCC1(CCN(C[C@H](O)COc3ccc(Cl)cc3)CC1)O2.O=C1C(=O)c2ccc(-c3ccccc3)cc2C2=C1SCC1(CCN(C[C@H](O)COc3ccc(F)cc3)CC1)O2. The third-order valence-electron chi connectivity index (χ3n) is 29.2.